The number of aromatic nitrogens is 1. The quantitative estimate of drug-likeness (QED) is 0.624. The van der Waals surface area contributed by atoms with Crippen LogP contribution >= 0.6 is 0 Å². The number of hydroxylamine groups is 1. The normalized spacial score (nSPS) is 11.5. The lowest BCUT2D eigenvalue weighted by atomic mass is 10.3. The largest absolute Gasteiger partial charge is 0.481 e. The summed E-state index contributed by atoms with van der Waals surface area (Å²) in [7, 11) is 1.43. The number of methoxy groups -OCH3 is 1. The minimum absolute atomic E-state index is 0.0904. The minimum Gasteiger partial charge on any atom is -0.481 e. The van der Waals surface area contributed by atoms with Crippen molar-refractivity contribution >= 4 is 0 Å². The van der Waals surface area contributed by atoms with Gasteiger partial charge >= 0.3 is 6.18 Å². The van der Waals surface area contributed by atoms with Crippen LogP contribution in [0.4, 0.5) is 13.2 Å². The molecule has 0 atom stereocenters. The lowest BCUT2D eigenvalue weighted by molar-refractivity contribution is -0.190. The Bertz CT molecular complexity index is 331. The topological polar surface area (TPSA) is 43.4 Å². The van der Waals surface area contributed by atoms with Crippen LogP contribution in [-0.2, 0) is 11.4 Å². The highest BCUT2D eigenvalue weighted by molar-refractivity contribution is 5.24. The Morgan fingerprint density at radius 3 is 2.81 bits per heavy atom. The Morgan fingerprint density at radius 1 is 1.44 bits per heavy atom. The van der Waals surface area contributed by atoms with Crippen LogP contribution in [0.25, 0.3) is 0 Å². The highest BCUT2D eigenvalue weighted by atomic mass is 19.4. The van der Waals surface area contributed by atoms with Gasteiger partial charge in [0.2, 0.25) is 5.88 Å². The summed E-state index contributed by atoms with van der Waals surface area (Å²) in [5.41, 5.74) is 2.81. The summed E-state index contributed by atoms with van der Waals surface area (Å²) >= 11 is 0. The van der Waals surface area contributed by atoms with Gasteiger partial charge in [0.15, 0.2) is 6.61 Å². The van der Waals surface area contributed by atoms with E-state index in [2.05, 4.69) is 15.3 Å². The van der Waals surface area contributed by atoms with Crippen molar-refractivity contribution in [2.75, 3.05) is 13.7 Å². The van der Waals surface area contributed by atoms with E-state index in [1.165, 1.54) is 13.3 Å². The van der Waals surface area contributed by atoms with Crippen molar-refractivity contribution in [3.63, 3.8) is 0 Å². The van der Waals surface area contributed by atoms with Gasteiger partial charge in [0, 0.05) is 11.8 Å². The summed E-state index contributed by atoms with van der Waals surface area (Å²) in [6, 6.07) is 3.33. The summed E-state index contributed by atoms with van der Waals surface area (Å²) < 4.78 is 40.1. The van der Waals surface area contributed by atoms with Gasteiger partial charge in [-0.15, -0.1) is 0 Å². The van der Waals surface area contributed by atoms with Gasteiger partial charge in [-0.25, -0.2) is 4.98 Å². The molecule has 0 unspecified atom stereocenters. The minimum atomic E-state index is -4.34. The van der Waals surface area contributed by atoms with Crippen LogP contribution in [0.1, 0.15) is 5.56 Å². The van der Waals surface area contributed by atoms with Gasteiger partial charge in [-0.05, 0) is 6.07 Å². The van der Waals surface area contributed by atoms with E-state index in [0.717, 1.165) is 0 Å². The number of alkyl halides is 3. The molecule has 1 heterocycles. The molecule has 0 aliphatic rings. The molecule has 0 aliphatic heterocycles. The summed E-state index contributed by atoms with van der Waals surface area (Å²) in [5, 5.41) is 0. The average molecular weight is 236 g/mol. The number of hydrogen-bond donors (Lipinski definition) is 1. The Kier molecular flexibility index (Phi) is 4.51. The standard InChI is InChI=1S/C9H11F3N2O2/c1-15-8-7(3-2-4-13-8)5-14-16-6-9(10,11)12/h2-4,14H,5-6H2,1H3. The summed E-state index contributed by atoms with van der Waals surface area (Å²) in [5.74, 6) is 0.352. The maximum absolute atomic E-state index is 11.7. The zero-order valence-electron chi connectivity index (χ0n) is 8.54. The van der Waals surface area contributed by atoms with E-state index in [9.17, 15) is 13.2 Å². The van der Waals surface area contributed by atoms with Gasteiger partial charge in [-0.1, -0.05) is 6.07 Å². The number of pyridine rings is 1. The second kappa shape index (κ2) is 5.66. The molecule has 0 bridgehead atoms. The van der Waals surface area contributed by atoms with Crippen LogP contribution in [0.2, 0.25) is 0 Å². The Hall–Kier alpha value is -1.34. The lowest BCUT2D eigenvalue weighted by Crippen LogP contribution is -2.24. The predicted molar refractivity (Wildman–Crippen MR) is 49.6 cm³/mol. The molecular weight excluding hydrogens is 225 g/mol. The summed E-state index contributed by atoms with van der Waals surface area (Å²) in [6.45, 7) is -1.25. The first kappa shape index (κ1) is 12.7. The molecule has 0 saturated carbocycles. The van der Waals surface area contributed by atoms with Crippen molar-refractivity contribution < 1.29 is 22.7 Å². The van der Waals surface area contributed by atoms with Crippen LogP contribution in [0.15, 0.2) is 18.3 Å². The predicted octanol–water partition coefficient (Wildman–Crippen LogP) is 1.67. The van der Waals surface area contributed by atoms with Crippen molar-refractivity contribution in [1.82, 2.24) is 10.5 Å². The van der Waals surface area contributed by atoms with Crippen LogP contribution in [0.3, 0.4) is 0 Å². The van der Waals surface area contributed by atoms with Crippen LogP contribution in [0, 0.1) is 0 Å². The Labute approximate surface area is 90.3 Å². The second-order valence-corrected chi connectivity index (χ2v) is 2.90. The molecule has 1 N–H and O–H groups in total. The molecular formula is C9H11F3N2O2. The van der Waals surface area contributed by atoms with Gasteiger partial charge in [0.05, 0.1) is 13.7 Å². The molecule has 7 heteroatoms. The summed E-state index contributed by atoms with van der Waals surface area (Å²) in [6.07, 6.45) is -2.81. The first-order chi connectivity index (χ1) is 7.53. The molecule has 0 radical (unpaired) electrons. The van der Waals surface area contributed by atoms with Crippen LogP contribution in [0.5, 0.6) is 5.88 Å². The van der Waals surface area contributed by atoms with Gasteiger partial charge in [-0.3, -0.25) is 4.84 Å². The van der Waals surface area contributed by atoms with Crippen molar-refractivity contribution in [1.29, 1.82) is 0 Å². The molecule has 16 heavy (non-hydrogen) atoms. The zero-order valence-corrected chi connectivity index (χ0v) is 8.54. The third-order valence-corrected chi connectivity index (χ3v) is 1.64. The van der Waals surface area contributed by atoms with E-state index in [-0.39, 0.29) is 6.54 Å². The Balaban J connectivity index is 2.37. The molecule has 0 saturated heterocycles. The van der Waals surface area contributed by atoms with Crippen molar-refractivity contribution in [2.45, 2.75) is 12.7 Å². The van der Waals surface area contributed by atoms with E-state index in [1.54, 1.807) is 12.1 Å². The van der Waals surface area contributed by atoms with Gasteiger partial charge in [0.25, 0.3) is 0 Å². The zero-order chi connectivity index (χ0) is 12.0. The average Bonchev–Trinajstić information content (AvgIpc) is 2.23. The van der Waals surface area contributed by atoms with E-state index in [4.69, 9.17) is 4.74 Å². The van der Waals surface area contributed by atoms with Crippen LogP contribution in [-0.4, -0.2) is 24.9 Å². The number of nitrogens with one attached hydrogen (secondary N) is 1. The van der Waals surface area contributed by atoms with E-state index >= 15 is 0 Å². The highest BCUT2D eigenvalue weighted by Crippen LogP contribution is 2.15. The first-order valence-electron chi connectivity index (χ1n) is 4.42. The maximum atomic E-state index is 11.7. The van der Waals surface area contributed by atoms with E-state index in [0.29, 0.717) is 11.4 Å². The van der Waals surface area contributed by atoms with E-state index < -0.39 is 12.8 Å². The first-order valence-corrected chi connectivity index (χ1v) is 4.42. The number of ether oxygens (including phenoxy) is 1. The third kappa shape index (κ3) is 4.45. The molecule has 0 amide bonds. The van der Waals surface area contributed by atoms with Gasteiger partial charge in [-0.2, -0.15) is 18.7 Å². The Morgan fingerprint density at radius 2 is 2.19 bits per heavy atom. The number of rotatable bonds is 5. The monoisotopic (exact) mass is 236 g/mol. The SMILES string of the molecule is COc1ncccc1CNOCC(F)(F)F. The van der Waals surface area contributed by atoms with Crippen LogP contribution < -0.4 is 10.2 Å². The molecule has 4 nitrogen and oxygen atoms in total. The molecule has 90 valence electrons. The fourth-order valence-corrected chi connectivity index (χ4v) is 1.00. The van der Waals surface area contributed by atoms with Crippen molar-refractivity contribution in [3.8, 4) is 5.88 Å². The van der Waals surface area contributed by atoms with Gasteiger partial charge < -0.3 is 4.74 Å². The fraction of sp³-hybridized carbons (Fsp3) is 0.444. The maximum Gasteiger partial charge on any atom is 0.413 e. The van der Waals surface area contributed by atoms with E-state index in [1.807, 2.05) is 0 Å². The molecule has 1 rings (SSSR count). The third-order valence-electron chi connectivity index (χ3n) is 1.64. The van der Waals surface area contributed by atoms with Crippen molar-refractivity contribution in [2.24, 2.45) is 0 Å². The molecule has 1 aromatic heterocycles. The van der Waals surface area contributed by atoms with Gasteiger partial charge in [0.1, 0.15) is 0 Å². The van der Waals surface area contributed by atoms with Crippen molar-refractivity contribution in [3.05, 3.63) is 23.9 Å². The highest BCUT2D eigenvalue weighted by Gasteiger charge is 2.27. The number of hydrogen-bond acceptors (Lipinski definition) is 4. The molecule has 0 spiro atoms. The summed E-state index contributed by atoms with van der Waals surface area (Å²) in [4.78, 5) is 8.13. The smallest absolute Gasteiger partial charge is 0.413 e. The molecule has 0 aliphatic carbocycles. The number of halogens is 3. The lowest BCUT2D eigenvalue weighted by Gasteiger charge is -2.10. The number of nitrogens with zero attached hydrogens (tertiary/aromatic N) is 1. The fourth-order valence-electron chi connectivity index (χ4n) is 1.00. The molecule has 1 aromatic rings. The molecule has 0 fully saturated rings. The second-order valence-electron chi connectivity index (χ2n) is 2.90. The molecule has 0 aromatic carbocycles.